The van der Waals surface area contributed by atoms with Crippen LogP contribution in [0.15, 0.2) is 0 Å². The summed E-state index contributed by atoms with van der Waals surface area (Å²) in [6, 6.07) is 0. The third-order valence-corrected chi connectivity index (χ3v) is 3.66. The second-order valence-corrected chi connectivity index (χ2v) is 4.13. The standard InChI is InChI=1S/C10H19ClO/c1-3-4-5-10(8-11)6-7-12-9(10)2/h9H,3-8H2,1-2H3. The minimum atomic E-state index is 0.289. The Balaban J connectivity index is 2.49. The number of ether oxygens (including phenoxy) is 1. The highest BCUT2D eigenvalue weighted by Gasteiger charge is 2.39. The predicted molar refractivity (Wildman–Crippen MR) is 52.7 cm³/mol. The first-order valence-electron chi connectivity index (χ1n) is 4.93. The molecule has 0 radical (unpaired) electrons. The zero-order chi connectivity index (χ0) is 9.03. The van der Waals surface area contributed by atoms with Crippen LogP contribution >= 0.6 is 11.6 Å². The molecule has 1 fully saturated rings. The molecule has 0 N–H and O–H groups in total. The second kappa shape index (κ2) is 4.48. The number of unbranched alkanes of at least 4 members (excludes halogenated alkanes) is 1. The fourth-order valence-electron chi connectivity index (χ4n) is 1.92. The molecular weight excluding hydrogens is 172 g/mol. The summed E-state index contributed by atoms with van der Waals surface area (Å²) in [5, 5.41) is 0. The number of halogens is 1. The Kier molecular flexibility index (Phi) is 3.85. The lowest BCUT2D eigenvalue weighted by Gasteiger charge is -2.29. The smallest absolute Gasteiger partial charge is 0.0615 e. The van der Waals surface area contributed by atoms with E-state index < -0.39 is 0 Å². The molecule has 72 valence electrons. The molecule has 0 amide bonds. The largest absolute Gasteiger partial charge is 0.378 e. The van der Waals surface area contributed by atoms with Crippen molar-refractivity contribution in [2.24, 2.45) is 5.41 Å². The Hall–Kier alpha value is 0.250. The second-order valence-electron chi connectivity index (χ2n) is 3.86. The first-order valence-corrected chi connectivity index (χ1v) is 5.46. The molecule has 0 aromatic heterocycles. The number of alkyl halides is 1. The monoisotopic (exact) mass is 190 g/mol. The zero-order valence-electron chi connectivity index (χ0n) is 8.11. The summed E-state index contributed by atoms with van der Waals surface area (Å²) in [5.74, 6) is 0.758. The summed E-state index contributed by atoms with van der Waals surface area (Å²) in [5.41, 5.74) is 0.289. The van der Waals surface area contributed by atoms with Gasteiger partial charge >= 0.3 is 0 Å². The van der Waals surface area contributed by atoms with Gasteiger partial charge < -0.3 is 4.74 Å². The highest BCUT2D eigenvalue weighted by atomic mass is 35.5. The molecule has 1 rings (SSSR count). The highest BCUT2D eigenvalue weighted by molar-refractivity contribution is 6.18. The molecule has 1 aliphatic heterocycles. The van der Waals surface area contributed by atoms with Crippen LogP contribution in [-0.4, -0.2) is 18.6 Å². The van der Waals surface area contributed by atoms with E-state index in [0.29, 0.717) is 6.10 Å². The van der Waals surface area contributed by atoms with Crippen LogP contribution in [-0.2, 0) is 4.74 Å². The Labute approximate surface area is 80.4 Å². The molecule has 0 aromatic rings. The number of rotatable bonds is 4. The Bertz CT molecular complexity index is 138. The predicted octanol–water partition coefficient (Wildman–Crippen LogP) is 3.21. The van der Waals surface area contributed by atoms with E-state index in [-0.39, 0.29) is 5.41 Å². The van der Waals surface area contributed by atoms with E-state index in [2.05, 4.69) is 13.8 Å². The van der Waals surface area contributed by atoms with Crippen molar-refractivity contribution in [3.63, 3.8) is 0 Å². The quantitative estimate of drug-likeness (QED) is 0.619. The molecule has 1 saturated heterocycles. The Morgan fingerprint density at radius 3 is 2.75 bits per heavy atom. The Morgan fingerprint density at radius 1 is 1.58 bits per heavy atom. The van der Waals surface area contributed by atoms with Crippen molar-refractivity contribution in [3.05, 3.63) is 0 Å². The van der Waals surface area contributed by atoms with Gasteiger partial charge in [0.25, 0.3) is 0 Å². The first-order chi connectivity index (χ1) is 5.75. The van der Waals surface area contributed by atoms with E-state index in [0.717, 1.165) is 18.9 Å². The molecule has 1 aliphatic rings. The van der Waals surface area contributed by atoms with Crippen LogP contribution in [0.25, 0.3) is 0 Å². The summed E-state index contributed by atoms with van der Waals surface area (Å²) < 4.78 is 5.57. The summed E-state index contributed by atoms with van der Waals surface area (Å²) in [6.45, 7) is 5.28. The fraction of sp³-hybridized carbons (Fsp3) is 1.00. The van der Waals surface area contributed by atoms with Gasteiger partial charge in [-0.3, -0.25) is 0 Å². The Morgan fingerprint density at radius 2 is 2.33 bits per heavy atom. The summed E-state index contributed by atoms with van der Waals surface area (Å²) >= 11 is 6.02. The fourth-order valence-corrected chi connectivity index (χ4v) is 2.40. The van der Waals surface area contributed by atoms with E-state index in [4.69, 9.17) is 16.3 Å². The number of hydrogen-bond acceptors (Lipinski definition) is 1. The molecule has 1 nitrogen and oxygen atoms in total. The van der Waals surface area contributed by atoms with Crippen molar-refractivity contribution >= 4 is 11.6 Å². The van der Waals surface area contributed by atoms with Gasteiger partial charge in [0.15, 0.2) is 0 Å². The van der Waals surface area contributed by atoms with Crippen molar-refractivity contribution in [1.82, 2.24) is 0 Å². The van der Waals surface area contributed by atoms with Crippen LogP contribution in [0.3, 0.4) is 0 Å². The molecule has 2 unspecified atom stereocenters. The van der Waals surface area contributed by atoms with Gasteiger partial charge in [-0.15, -0.1) is 11.6 Å². The third-order valence-electron chi connectivity index (χ3n) is 3.12. The van der Waals surface area contributed by atoms with E-state index in [9.17, 15) is 0 Å². The summed E-state index contributed by atoms with van der Waals surface area (Å²) in [7, 11) is 0. The zero-order valence-corrected chi connectivity index (χ0v) is 8.86. The van der Waals surface area contributed by atoms with E-state index in [1.807, 2.05) is 0 Å². The molecule has 0 aromatic carbocycles. The van der Waals surface area contributed by atoms with Gasteiger partial charge in [-0.25, -0.2) is 0 Å². The average molecular weight is 191 g/mol. The molecule has 0 bridgehead atoms. The van der Waals surface area contributed by atoms with Gasteiger partial charge in [0.05, 0.1) is 6.10 Å². The molecule has 0 saturated carbocycles. The van der Waals surface area contributed by atoms with Crippen LogP contribution in [0.1, 0.15) is 39.5 Å². The molecule has 2 heteroatoms. The minimum Gasteiger partial charge on any atom is -0.378 e. The van der Waals surface area contributed by atoms with E-state index in [1.165, 1.54) is 19.3 Å². The topological polar surface area (TPSA) is 9.23 Å². The molecule has 0 aliphatic carbocycles. The highest BCUT2D eigenvalue weighted by Crippen LogP contribution is 2.40. The van der Waals surface area contributed by atoms with Crippen molar-refractivity contribution in [2.75, 3.05) is 12.5 Å². The van der Waals surface area contributed by atoms with Crippen molar-refractivity contribution in [2.45, 2.75) is 45.6 Å². The maximum Gasteiger partial charge on any atom is 0.0615 e. The van der Waals surface area contributed by atoms with Gasteiger partial charge in [0.1, 0.15) is 0 Å². The maximum atomic E-state index is 6.02. The van der Waals surface area contributed by atoms with E-state index >= 15 is 0 Å². The third kappa shape index (κ3) is 1.94. The van der Waals surface area contributed by atoms with Gasteiger partial charge in [-0.1, -0.05) is 19.8 Å². The molecular formula is C10H19ClO. The summed E-state index contributed by atoms with van der Waals surface area (Å²) in [6.07, 6.45) is 5.28. The van der Waals surface area contributed by atoms with Crippen molar-refractivity contribution < 1.29 is 4.74 Å². The molecule has 0 spiro atoms. The summed E-state index contributed by atoms with van der Waals surface area (Å²) in [4.78, 5) is 0. The lowest BCUT2D eigenvalue weighted by atomic mass is 9.79. The van der Waals surface area contributed by atoms with Crippen LogP contribution < -0.4 is 0 Å². The lowest BCUT2D eigenvalue weighted by Crippen LogP contribution is -2.30. The molecule has 12 heavy (non-hydrogen) atoms. The maximum absolute atomic E-state index is 6.02. The first kappa shape index (κ1) is 10.3. The van der Waals surface area contributed by atoms with Gasteiger partial charge in [0, 0.05) is 17.9 Å². The van der Waals surface area contributed by atoms with Crippen molar-refractivity contribution in [1.29, 1.82) is 0 Å². The van der Waals surface area contributed by atoms with Crippen LogP contribution in [0, 0.1) is 5.41 Å². The van der Waals surface area contributed by atoms with E-state index in [1.54, 1.807) is 0 Å². The van der Waals surface area contributed by atoms with Crippen LogP contribution in [0.4, 0.5) is 0 Å². The normalized spacial score (nSPS) is 35.8. The lowest BCUT2D eigenvalue weighted by molar-refractivity contribution is 0.0685. The van der Waals surface area contributed by atoms with Gasteiger partial charge in [-0.2, -0.15) is 0 Å². The van der Waals surface area contributed by atoms with Gasteiger partial charge in [-0.05, 0) is 19.8 Å². The van der Waals surface area contributed by atoms with Crippen LogP contribution in [0.5, 0.6) is 0 Å². The van der Waals surface area contributed by atoms with Crippen molar-refractivity contribution in [3.8, 4) is 0 Å². The average Bonchev–Trinajstić information content (AvgIpc) is 2.45. The number of hydrogen-bond donors (Lipinski definition) is 0. The SMILES string of the molecule is CCCCC1(CCl)CCOC1C. The molecule has 1 heterocycles. The minimum absolute atomic E-state index is 0.289. The van der Waals surface area contributed by atoms with Crippen LogP contribution in [0.2, 0.25) is 0 Å². The van der Waals surface area contributed by atoms with Gasteiger partial charge in [0.2, 0.25) is 0 Å². The molecule has 2 atom stereocenters.